The number of allylic oxidation sites excluding steroid dienone is 1. The first-order valence-electron chi connectivity index (χ1n) is 9.54. The fourth-order valence-corrected chi connectivity index (χ4v) is 7.15. The van der Waals surface area contributed by atoms with Crippen molar-refractivity contribution in [1.82, 2.24) is 0 Å². The number of hydrogen-bond acceptors (Lipinski definition) is 2. The number of rotatable bonds is 0. The molecule has 4 aliphatic carbocycles. The van der Waals surface area contributed by atoms with Crippen molar-refractivity contribution in [2.24, 2.45) is 40.4 Å². The Morgan fingerprint density at radius 2 is 1.96 bits per heavy atom. The topological polar surface area (TPSA) is 40.9 Å². The van der Waals surface area contributed by atoms with E-state index < -0.39 is 0 Å². The van der Waals surface area contributed by atoms with Crippen molar-refractivity contribution in [3.8, 4) is 6.07 Å². The van der Waals surface area contributed by atoms with Crippen LogP contribution in [0.2, 0.25) is 0 Å². The molecule has 3 unspecified atom stereocenters. The average Bonchev–Trinajstić information content (AvgIpc) is 2.85. The number of hydrogen-bond donors (Lipinski definition) is 0. The molecule has 23 heavy (non-hydrogen) atoms. The standard InChI is InChI=1S/C21H29NO/c1-13-10-16(23)11-14-4-6-17-18-7-5-15(12-22)20(18,2)9-8-19(17)21(13,14)3/h11,13,15,17-19H,4-10H2,1-3H3/t13-,15+,17?,18?,19?,20+,21-/m0/s1. The molecule has 0 aromatic rings. The molecule has 0 bridgehead atoms. The van der Waals surface area contributed by atoms with Gasteiger partial charge in [0.1, 0.15) is 0 Å². The molecule has 0 radical (unpaired) electrons. The second-order valence-electron chi connectivity index (χ2n) is 9.24. The predicted octanol–water partition coefficient (Wildman–Crippen LogP) is 4.90. The Bertz CT molecular complexity index is 614. The van der Waals surface area contributed by atoms with Gasteiger partial charge in [-0.2, -0.15) is 5.26 Å². The molecule has 0 aromatic heterocycles. The van der Waals surface area contributed by atoms with Gasteiger partial charge in [0.25, 0.3) is 0 Å². The molecule has 0 aliphatic heterocycles. The van der Waals surface area contributed by atoms with Gasteiger partial charge in [-0.05, 0) is 79.1 Å². The molecule has 124 valence electrons. The highest BCUT2D eigenvalue weighted by molar-refractivity contribution is 5.92. The van der Waals surface area contributed by atoms with Gasteiger partial charge in [-0.15, -0.1) is 0 Å². The van der Waals surface area contributed by atoms with Crippen molar-refractivity contribution in [3.63, 3.8) is 0 Å². The van der Waals surface area contributed by atoms with Crippen LogP contribution in [0.1, 0.15) is 65.7 Å². The van der Waals surface area contributed by atoms with Gasteiger partial charge < -0.3 is 0 Å². The largest absolute Gasteiger partial charge is 0.295 e. The minimum Gasteiger partial charge on any atom is -0.295 e. The Morgan fingerprint density at radius 1 is 1.17 bits per heavy atom. The van der Waals surface area contributed by atoms with Gasteiger partial charge in [0.05, 0.1) is 12.0 Å². The van der Waals surface area contributed by atoms with E-state index in [1.807, 2.05) is 6.08 Å². The summed E-state index contributed by atoms with van der Waals surface area (Å²) in [6.07, 6.45) is 9.89. The lowest BCUT2D eigenvalue weighted by molar-refractivity contribution is -0.120. The third-order valence-corrected chi connectivity index (χ3v) is 8.67. The van der Waals surface area contributed by atoms with Crippen LogP contribution in [-0.4, -0.2) is 5.78 Å². The van der Waals surface area contributed by atoms with Crippen LogP contribution in [0, 0.1) is 51.8 Å². The van der Waals surface area contributed by atoms with Gasteiger partial charge >= 0.3 is 0 Å². The minimum atomic E-state index is 0.225. The molecule has 2 nitrogen and oxygen atoms in total. The molecule has 7 atom stereocenters. The van der Waals surface area contributed by atoms with Gasteiger partial charge in [0.2, 0.25) is 0 Å². The monoisotopic (exact) mass is 311 g/mol. The third kappa shape index (κ3) is 1.89. The van der Waals surface area contributed by atoms with E-state index in [1.165, 1.54) is 31.3 Å². The summed E-state index contributed by atoms with van der Waals surface area (Å²) in [4.78, 5) is 12.0. The van der Waals surface area contributed by atoms with E-state index in [0.717, 1.165) is 37.0 Å². The van der Waals surface area contributed by atoms with Crippen LogP contribution >= 0.6 is 0 Å². The minimum absolute atomic E-state index is 0.225. The summed E-state index contributed by atoms with van der Waals surface area (Å²) in [6, 6.07) is 2.62. The number of carbonyl (C=O) groups excluding carboxylic acids is 1. The lowest BCUT2D eigenvalue weighted by atomic mass is 9.45. The molecule has 2 heteroatoms. The average molecular weight is 311 g/mol. The molecule has 0 spiro atoms. The summed E-state index contributed by atoms with van der Waals surface area (Å²) in [5.41, 5.74) is 1.92. The molecule has 3 saturated carbocycles. The summed E-state index contributed by atoms with van der Waals surface area (Å²) >= 11 is 0. The van der Waals surface area contributed by atoms with Gasteiger partial charge in [-0.3, -0.25) is 4.79 Å². The van der Waals surface area contributed by atoms with Gasteiger partial charge in [-0.25, -0.2) is 0 Å². The first-order chi connectivity index (χ1) is 10.9. The quantitative estimate of drug-likeness (QED) is 0.638. The van der Waals surface area contributed by atoms with Crippen molar-refractivity contribution >= 4 is 5.78 Å². The Balaban J connectivity index is 1.71. The fourth-order valence-electron chi connectivity index (χ4n) is 7.15. The molecule has 0 aromatic carbocycles. The Hall–Kier alpha value is -1.10. The van der Waals surface area contributed by atoms with Crippen LogP contribution in [0.3, 0.4) is 0 Å². The normalized spacial score (nSPS) is 52.0. The van der Waals surface area contributed by atoms with Crippen LogP contribution in [0.25, 0.3) is 0 Å². The summed E-state index contributed by atoms with van der Waals surface area (Å²) in [5.74, 6) is 3.30. The molecule has 0 saturated heterocycles. The van der Waals surface area contributed by atoms with Gasteiger partial charge in [0.15, 0.2) is 5.78 Å². The SMILES string of the molecule is C[C@H]1CC(=O)C=C2CCC3C4CC[C@H](C#N)[C@@]4(C)CCC3[C@]21C. The van der Waals surface area contributed by atoms with E-state index >= 15 is 0 Å². The van der Waals surface area contributed by atoms with Crippen LogP contribution < -0.4 is 0 Å². The van der Waals surface area contributed by atoms with E-state index in [1.54, 1.807) is 0 Å². The predicted molar refractivity (Wildman–Crippen MR) is 90.4 cm³/mol. The smallest absolute Gasteiger partial charge is 0.155 e. The lowest BCUT2D eigenvalue weighted by Gasteiger charge is -2.59. The van der Waals surface area contributed by atoms with Crippen molar-refractivity contribution in [1.29, 1.82) is 5.26 Å². The number of ketones is 1. The molecule has 0 amide bonds. The fraction of sp³-hybridized carbons (Fsp3) is 0.810. The maximum Gasteiger partial charge on any atom is 0.155 e. The highest BCUT2D eigenvalue weighted by Gasteiger charge is 2.60. The highest BCUT2D eigenvalue weighted by Crippen LogP contribution is 2.67. The number of nitriles is 1. The van der Waals surface area contributed by atoms with E-state index in [-0.39, 0.29) is 16.7 Å². The highest BCUT2D eigenvalue weighted by atomic mass is 16.1. The Labute approximate surface area is 140 Å². The number of carbonyl (C=O) groups is 1. The van der Waals surface area contributed by atoms with E-state index in [0.29, 0.717) is 11.7 Å². The zero-order valence-electron chi connectivity index (χ0n) is 14.8. The summed E-state index contributed by atoms with van der Waals surface area (Å²) in [5, 5.41) is 9.58. The molecule has 4 aliphatic rings. The van der Waals surface area contributed by atoms with Crippen LogP contribution in [0.4, 0.5) is 0 Å². The van der Waals surface area contributed by atoms with Gasteiger partial charge in [-0.1, -0.05) is 26.3 Å². The maximum atomic E-state index is 12.0. The lowest BCUT2D eigenvalue weighted by Crippen LogP contribution is -2.52. The summed E-state index contributed by atoms with van der Waals surface area (Å²) in [7, 11) is 0. The Morgan fingerprint density at radius 3 is 2.70 bits per heavy atom. The van der Waals surface area contributed by atoms with Crippen molar-refractivity contribution < 1.29 is 4.79 Å². The summed E-state index contributed by atoms with van der Waals surface area (Å²) in [6.45, 7) is 7.15. The van der Waals surface area contributed by atoms with Crippen LogP contribution in [0.5, 0.6) is 0 Å². The van der Waals surface area contributed by atoms with Crippen molar-refractivity contribution in [2.75, 3.05) is 0 Å². The maximum absolute atomic E-state index is 12.0. The molecule has 0 N–H and O–H groups in total. The number of nitrogens with zero attached hydrogens (tertiary/aromatic N) is 1. The number of fused-ring (bicyclic) bond motifs is 5. The molecular formula is C21H29NO. The second kappa shape index (κ2) is 4.95. The Kier molecular flexibility index (Phi) is 3.32. The third-order valence-electron chi connectivity index (χ3n) is 8.67. The zero-order chi connectivity index (χ0) is 16.4. The zero-order valence-corrected chi connectivity index (χ0v) is 14.8. The van der Waals surface area contributed by atoms with Crippen molar-refractivity contribution in [2.45, 2.75) is 65.7 Å². The molecule has 0 heterocycles. The summed E-state index contributed by atoms with van der Waals surface area (Å²) < 4.78 is 0. The van der Waals surface area contributed by atoms with E-state index in [4.69, 9.17) is 0 Å². The van der Waals surface area contributed by atoms with Crippen LogP contribution in [0.15, 0.2) is 11.6 Å². The van der Waals surface area contributed by atoms with Crippen molar-refractivity contribution in [3.05, 3.63) is 11.6 Å². The molecule has 4 rings (SSSR count). The van der Waals surface area contributed by atoms with Crippen LogP contribution in [-0.2, 0) is 4.79 Å². The first kappa shape index (κ1) is 15.4. The van der Waals surface area contributed by atoms with Gasteiger partial charge in [0, 0.05) is 6.42 Å². The molecular weight excluding hydrogens is 282 g/mol. The van der Waals surface area contributed by atoms with E-state index in [2.05, 4.69) is 26.8 Å². The molecule has 3 fully saturated rings. The first-order valence-corrected chi connectivity index (χ1v) is 9.54. The van der Waals surface area contributed by atoms with E-state index in [9.17, 15) is 10.1 Å². The second-order valence-corrected chi connectivity index (χ2v) is 9.24.